The van der Waals surface area contributed by atoms with Crippen LogP contribution in [0.25, 0.3) is 0 Å². The molecule has 0 saturated heterocycles. The highest BCUT2D eigenvalue weighted by Crippen LogP contribution is 2.23. The van der Waals surface area contributed by atoms with Crippen LogP contribution < -0.4 is 5.73 Å². The molecule has 0 unspecified atom stereocenters. The zero-order valence-electron chi connectivity index (χ0n) is 12.1. The van der Waals surface area contributed by atoms with E-state index in [0.29, 0.717) is 18.7 Å². The Labute approximate surface area is 133 Å². The lowest BCUT2D eigenvalue weighted by atomic mass is 10.2. The molecule has 0 aliphatic carbocycles. The minimum atomic E-state index is -0.354. The average Bonchev–Trinajstić information content (AvgIpc) is 2.87. The molecule has 3 N–H and O–H groups in total. The van der Waals surface area contributed by atoms with Crippen molar-refractivity contribution in [3.05, 3.63) is 63.8 Å². The van der Waals surface area contributed by atoms with Crippen LogP contribution in [0.15, 0.2) is 42.5 Å². The number of nitrogens with zero attached hydrogens (tertiary/aromatic N) is 2. The van der Waals surface area contributed by atoms with Crippen molar-refractivity contribution in [2.75, 3.05) is 5.75 Å². The molecule has 1 heterocycles. The molecule has 0 bridgehead atoms. The van der Waals surface area contributed by atoms with Gasteiger partial charge in [-0.2, -0.15) is 11.8 Å². The smallest absolute Gasteiger partial charge is 0.323 e. The van der Waals surface area contributed by atoms with Gasteiger partial charge in [0.05, 0.1) is 11.6 Å². The Balaban J connectivity index is 2.12. The van der Waals surface area contributed by atoms with Crippen LogP contribution >= 0.6 is 11.8 Å². The summed E-state index contributed by atoms with van der Waals surface area (Å²) in [6.07, 6.45) is 0.534. The van der Waals surface area contributed by atoms with Crippen molar-refractivity contribution >= 4 is 23.4 Å². The van der Waals surface area contributed by atoms with E-state index < -0.39 is 0 Å². The fourth-order valence-electron chi connectivity index (χ4n) is 2.09. The fraction of sp³-hybridized carbons (Fsp3) is 0.267. The summed E-state index contributed by atoms with van der Waals surface area (Å²) in [7, 11) is 0. The van der Waals surface area contributed by atoms with Gasteiger partial charge in [0.2, 0.25) is 0 Å². The monoisotopic (exact) mass is 318 g/mol. The van der Waals surface area contributed by atoms with Gasteiger partial charge in [-0.05, 0) is 16.6 Å². The Morgan fingerprint density at radius 1 is 1.27 bits per heavy atom. The molecular formula is C15H18N4O2S. The predicted octanol–water partition coefficient (Wildman–Crippen LogP) is 3.00. The SMILES string of the molecule is N=C(N)CCSCc1ccc([N+](=O)[O-])n1Cc1ccccc1. The molecule has 7 heteroatoms. The zero-order chi connectivity index (χ0) is 15.9. The summed E-state index contributed by atoms with van der Waals surface area (Å²) in [6, 6.07) is 13.0. The van der Waals surface area contributed by atoms with Crippen molar-refractivity contribution < 1.29 is 4.92 Å². The number of nitro groups is 1. The average molecular weight is 318 g/mol. The number of nitrogens with one attached hydrogen (secondary N) is 1. The highest BCUT2D eigenvalue weighted by molar-refractivity contribution is 7.98. The Bertz CT molecular complexity index is 655. The third-order valence-corrected chi connectivity index (χ3v) is 4.18. The van der Waals surface area contributed by atoms with E-state index in [9.17, 15) is 10.1 Å². The highest BCUT2D eigenvalue weighted by atomic mass is 32.2. The molecule has 2 rings (SSSR count). The minimum absolute atomic E-state index is 0.103. The molecule has 6 nitrogen and oxygen atoms in total. The van der Waals surface area contributed by atoms with E-state index in [2.05, 4.69) is 0 Å². The number of amidine groups is 1. The van der Waals surface area contributed by atoms with E-state index in [-0.39, 0.29) is 16.6 Å². The van der Waals surface area contributed by atoms with Crippen LogP contribution in [0.1, 0.15) is 17.7 Å². The maximum absolute atomic E-state index is 11.2. The quantitative estimate of drug-likeness (QED) is 0.257. The largest absolute Gasteiger partial charge is 0.388 e. The number of hydrogen-bond acceptors (Lipinski definition) is 4. The molecule has 0 amide bonds. The highest BCUT2D eigenvalue weighted by Gasteiger charge is 2.18. The third kappa shape index (κ3) is 4.36. The number of benzene rings is 1. The van der Waals surface area contributed by atoms with Crippen LogP contribution in [0.4, 0.5) is 5.82 Å². The summed E-state index contributed by atoms with van der Waals surface area (Å²) in [5.41, 5.74) is 7.25. The molecule has 0 aliphatic rings. The standard InChI is InChI=1S/C15H18N4O2S/c16-14(17)8-9-22-11-13-6-7-15(19(20)21)18(13)10-12-4-2-1-3-5-12/h1-7H,8-11H2,(H3,16,17). The van der Waals surface area contributed by atoms with Gasteiger partial charge in [-0.1, -0.05) is 30.3 Å². The summed E-state index contributed by atoms with van der Waals surface area (Å²) in [6.45, 7) is 0.479. The molecule has 0 atom stereocenters. The van der Waals surface area contributed by atoms with Crippen LogP contribution in [-0.2, 0) is 12.3 Å². The number of nitrogens with two attached hydrogens (primary N) is 1. The molecule has 22 heavy (non-hydrogen) atoms. The number of aromatic nitrogens is 1. The number of rotatable bonds is 8. The van der Waals surface area contributed by atoms with Gasteiger partial charge >= 0.3 is 5.82 Å². The lowest BCUT2D eigenvalue weighted by Crippen LogP contribution is -2.10. The van der Waals surface area contributed by atoms with Crippen molar-refractivity contribution in [1.82, 2.24) is 4.57 Å². The molecule has 0 radical (unpaired) electrons. The van der Waals surface area contributed by atoms with E-state index in [1.54, 1.807) is 28.5 Å². The Morgan fingerprint density at radius 2 is 2.00 bits per heavy atom. The van der Waals surface area contributed by atoms with E-state index in [0.717, 1.165) is 17.0 Å². The summed E-state index contributed by atoms with van der Waals surface area (Å²) in [5, 5.41) is 18.4. The first-order valence-corrected chi connectivity index (χ1v) is 8.00. The van der Waals surface area contributed by atoms with E-state index in [1.165, 1.54) is 0 Å². The van der Waals surface area contributed by atoms with Crippen molar-refractivity contribution in [3.63, 3.8) is 0 Å². The van der Waals surface area contributed by atoms with E-state index in [4.69, 9.17) is 11.1 Å². The van der Waals surface area contributed by atoms with Crippen LogP contribution in [0, 0.1) is 15.5 Å². The lowest BCUT2D eigenvalue weighted by Gasteiger charge is -2.07. The number of hydrogen-bond donors (Lipinski definition) is 2. The molecule has 116 valence electrons. The lowest BCUT2D eigenvalue weighted by molar-refractivity contribution is -0.392. The summed E-state index contributed by atoms with van der Waals surface area (Å²) in [4.78, 5) is 10.8. The van der Waals surface area contributed by atoms with E-state index >= 15 is 0 Å². The van der Waals surface area contributed by atoms with Gasteiger partial charge < -0.3 is 15.8 Å². The molecule has 1 aromatic carbocycles. The number of thioether (sulfide) groups is 1. The predicted molar refractivity (Wildman–Crippen MR) is 89.3 cm³/mol. The second-order valence-corrected chi connectivity index (χ2v) is 5.94. The summed E-state index contributed by atoms with van der Waals surface area (Å²) < 4.78 is 1.73. The van der Waals surface area contributed by atoms with Gasteiger partial charge in [-0.25, -0.2) is 4.57 Å². The van der Waals surface area contributed by atoms with Crippen molar-refractivity contribution in [2.45, 2.75) is 18.7 Å². The third-order valence-electron chi connectivity index (χ3n) is 3.18. The van der Waals surface area contributed by atoms with Crippen LogP contribution in [-0.4, -0.2) is 21.1 Å². The minimum Gasteiger partial charge on any atom is -0.388 e. The maximum Gasteiger partial charge on any atom is 0.323 e. The molecule has 0 fully saturated rings. The van der Waals surface area contributed by atoms with Crippen molar-refractivity contribution in [1.29, 1.82) is 5.41 Å². The molecule has 0 saturated carbocycles. The van der Waals surface area contributed by atoms with Crippen LogP contribution in [0.5, 0.6) is 0 Å². The second kappa shape index (κ2) is 7.65. The molecular weight excluding hydrogens is 300 g/mol. The Kier molecular flexibility index (Phi) is 5.60. The molecule has 0 aliphatic heterocycles. The molecule has 2 aromatic rings. The summed E-state index contributed by atoms with van der Waals surface area (Å²) in [5.74, 6) is 1.66. The van der Waals surface area contributed by atoms with Crippen LogP contribution in [0.3, 0.4) is 0 Å². The zero-order valence-corrected chi connectivity index (χ0v) is 12.9. The summed E-state index contributed by atoms with van der Waals surface area (Å²) >= 11 is 1.62. The van der Waals surface area contributed by atoms with Gasteiger partial charge in [0, 0.05) is 18.2 Å². The van der Waals surface area contributed by atoms with Gasteiger partial charge in [-0.15, -0.1) is 0 Å². The second-order valence-electron chi connectivity index (χ2n) is 4.84. The first-order chi connectivity index (χ1) is 10.6. The first-order valence-electron chi connectivity index (χ1n) is 6.85. The fourth-order valence-corrected chi connectivity index (χ4v) is 3.06. The maximum atomic E-state index is 11.2. The van der Waals surface area contributed by atoms with Gasteiger partial charge in [0.25, 0.3) is 0 Å². The van der Waals surface area contributed by atoms with Crippen LogP contribution in [0.2, 0.25) is 0 Å². The normalized spacial score (nSPS) is 10.5. The Hall–Kier alpha value is -2.28. The first kappa shape index (κ1) is 16.1. The topological polar surface area (TPSA) is 97.9 Å². The van der Waals surface area contributed by atoms with Gasteiger partial charge in [0.15, 0.2) is 0 Å². The van der Waals surface area contributed by atoms with Crippen molar-refractivity contribution in [2.24, 2.45) is 5.73 Å². The van der Waals surface area contributed by atoms with Gasteiger partial charge in [-0.3, -0.25) is 5.41 Å². The van der Waals surface area contributed by atoms with E-state index in [1.807, 2.05) is 30.3 Å². The molecule has 0 spiro atoms. The van der Waals surface area contributed by atoms with Gasteiger partial charge in [0.1, 0.15) is 12.2 Å². The van der Waals surface area contributed by atoms with Crippen molar-refractivity contribution in [3.8, 4) is 0 Å². The Morgan fingerprint density at radius 3 is 2.64 bits per heavy atom. The molecule has 1 aromatic heterocycles.